The summed E-state index contributed by atoms with van der Waals surface area (Å²) in [6, 6.07) is 8.86. The summed E-state index contributed by atoms with van der Waals surface area (Å²) in [4.78, 5) is 0. The first kappa shape index (κ1) is 8.36. The van der Waals surface area contributed by atoms with Crippen LogP contribution in [0.3, 0.4) is 0 Å². The fraction of sp³-hybridized carbons (Fsp3) is 0.333. The normalized spacial score (nSPS) is 11.4. The second-order valence-electron chi connectivity index (χ2n) is 3.90. The molecule has 1 heteroatoms. The molecule has 0 saturated heterocycles. The van der Waals surface area contributed by atoms with Gasteiger partial charge in [0.15, 0.2) is 0 Å². The highest BCUT2D eigenvalue weighted by Gasteiger charge is 2.01. The Morgan fingerprint density at radius 1 is 1.15 bits per heavy atom. The monoisotopic (exact) mass is 173 g/mol. The van der Waals surface area contributed by atoms with Crippen LogP contribution in [0.25, 0.3) is 10.9 Å². The molecule has 1 heterocycles. The van der Waals surface area contributed by atoms with E-state index in [0.717, 1.165) is 0 Å². The van der Waals surface area contributed by atoms with Crippen molar-refractivity contribution in [2.45, 2.75) is 19.8 Å². The number of nitrogens with zero attached hydrogens (tertiary/aromatic N) is 1. The Balaban J connectivity index is 2.63. The predicted molar refractivity (Wildman–Crippen MR) is 57.0 cm³/mol. The molecule has 0 aliphatic heterocycles. The van der Waals surface area contributed by atoms with Crippen LogP contribution in [0.15, 0.2) is 30.5 Å². The number of aromatic nitrogens is 1. The summed E-state index contributed by atoms with van der Waals surface area (Å²) in [5.41, 5.74) is 2.73. The van der Waals surface area contributed by atoms with Gasteiger partial charge in [-0.05, 0) is 35.1 Å². The van der Waals surface area contributed by atoms with Crippen molar-refractivity contribution in [1.82, 2.24) is 4.57 Å². The average molecular weight is 173 g/mol. The molecule has 0 aliphatic carbocycles. The van der Waals surface area contributed by atoms with Crippen molar-refractivity contribution < 1.29 is 0 Å². The Bertz CT molecular complexity index is 424. The van der Waals surface area contributed by atoms with Gasteiger partial charge in [0.05, 0.1) is 0 Å². The van der Waals surface area contributed by atoms with Gasteiger partial charge in [-0.15, -0.1) is 0 Å². The number of benzene rings is 1. The lowest BCUT2D eigenvalue weighted by molar-refractivity contribution is 0.868. The number of hydrogen-bond donors (Lipinski definition) is 0. The van der Waals surface area contributed by atoms with Gasteiger partial charge in [-0.2, -0.15) is 0 Å². The van der Waals surface area contributed by atoms with Crippen LogP contribution in [-0.4, -0.2) is 4.57 Å². The lowest BCUT2D eigenvalue weighted by Crippen LogP contribution is -1.88. The fourth-order valence-corrected chi connectivity index (χ4v) is 1.66. The molecule has 1 aromatic carbocycles. The third-order valence-corrected chi connectivity index (χ3v) is 2.58. The Hall–Kier alpha value is -1.24. The van der Waals surface area contributed by atoms with E-state index >= 15 is 0 Å². The zero-order chi connectivity index (χ0) is 9.42. The van der Waals surface area contributed by atoms with Crippen molar-refractivity contribution in [2.75, 3.05) is 0 Å². The van der Waals surface area contributed by atoms with Crippen LogP contribution >= 0.6 is 0 Å². The largest absolute Gasteiger partial charge is 0.351 e. The highest BCUT2D eigenvalue weighted by atomic mass is 14.9. The van der Waals surface area contributed by atoms with Crippen molar-refractivity contribution >= 4 is 10.9 Å². The molecule has 0 unspecified atom stereocenters. The van der Waals surface area contributed by atoms with Gasteiger partial charge in [0.1, 0.15) is 0 Å². The smallest absolute Gasteiger partial charge is 0.0477 e. The van der Waals surface area contributed by atoms with Gasteiger partial charge in [0.2, 0.25) is 0 Å². The Morgan fingerprint density at radius 3 is 2.62 bits per heavy atom. The first-order chi connectivity index (χ1) is 6.18. The molecule has 0 atom stereocenters. The molecule has 1 aromatic heterocycles. The van der Waals surface area contributed by atoms with Gasteiger partial charge in [-0.1, -0.05) is 19.9 Å². The summed E-state index contributed by atoms with van der Waals surface area (Å²) < 4.78 is 2.15. The summed E-state index contributed by atoms with van der Waals surface area (Å²) in [5.74, 6) is 0.615. The molecule has 0 radical (unpaired) electrons. The first-order valence-electron chi connectivity index (χ1n) is 4.73. The van der Waals surface area contributed by atoms with Crippen molar-refractivity contribution in [3.05, 3.63) is 36.0 Å². The average Bonchev–Trinajstić information content (AvgIpc) is 2.47. The maximum atomic E-state index is 2.28. The van der Waals surface area contributed by atoms with Crippen LogP contribution in [-0.2, 0) is 7.05 Å². The van der Waals surface area contributed by atoms with Gasteiger partial charge >= 0.3 is 0 Å². The van der Waals surface area contributed by atoms with Crippen LogP contribution < -0.4 is 0 Å². The minimum Gasteiger partial charge on any atom is -0.351 e. The highest BCUT2D eigenvalue weighted by Crippen LogP contribution is 2.21. The highest BCUT2D eigenvalue weighted by molar-refractivity contribution is 5.80. The zero-order valence-corrected chi connectivity index (χ0v) is 8.41. The van der Waals surface area contributed by atoms with E-state index in [2.05, 4.69) is 55.9 Å². The van der Waals surface area contributed by atoms with Gasteiger partial charge in [0, 0.05) is 18.8 Å². The Kier molecular flexibility index (Phi) is 1.87. The van der Waals surface area contributed by atoms with E-state index in [1.807, 2.05) is 0 Å². The number of rotatable bonds is 1. The van der Waals surface area contributed by atoms with E-state index in [1.165, 1.54) is 16.5 Å². The topological polar surface area (TPSA) is 4.93 Å². The van der Waals surface area contributed by atoms with E-state index in [9.17, 15) is 0 Å². The number of hydrogen-bond acceptors (Lipinski definition) is 0. The second-order valence-corrected chi connectivity index (χ2v) is 3.90. The van der Waals surface area contributed by atoms with Gasteiger partial charge in [-0.3, -0.25) is 0 Å². The molecule has 0 aliphatic rings. The fourth-order valence-electron chi connectivity index (χ4n) is 1.66. The molecule has 0 N–H and O–H groups in total. The molecule has 13 heavy (non-hydrogen) atoms. The summed E-state index contributed by atoms with van der Waals surface area (Å²) in [6.45, 7) is 4.45. The van der Waals surface area contributed by atoms with Gasteiger partial charge in [0.25, 0.3) is 0 Å². The van der Waals surface area contributed by atoms with Crippen LogP contribution in [0.2, 0.25) is 0 Å². The third kappa shape index (κ3) is 1.35. The molecule has 2 rings (SSSR count). The zero-order valence-electron chi connectivity index (χ0n) is 8.41. The van der Waals surface area contributed by atoms with Crippen molar-refractivity contribution in [1.29, 1.82) is 0 Å². The molecule has 0 spiro atoms. The Morgan fingerprint density at radius 2 is 1.92 bits per heavy atom. The molecule has 0 fully saturated rings. The van der Waals surface area contributed by atoms with Crippen LogP contribution in [0.5, 0.6) is 0 Å². The van der Waals surface area contributed by atoms with Gasteiger partial charge < -0.3 is 4.57 Å². The molecule has 1 nitrogen and oxygen atoms in total. The summed E-state index contributed by atoms with van der Waals surface area (Å²) in [7, 11) is 2.08. The minimum atomic E-state index is 0.615. The molecule has 2 aromatic rings. The Labute approximate surface area is 79.0 Å². The molecule has 68 valence electrons. The van der Waals surface area contributed by atoms with E-state index in [1.54, 1.807) is 0 Å². The van der Waals surface area contributed by atoms with E-state index in [4.69, 9.17) is 0 Å². The van der Waals surface area contributed by atoms with E-state index in [0.29, 0.717) is 5.92 Å². The van der Waals surface area contributed by atoms with Crippen molar-refractivity contribution in [3.8, 4) is 0 Å². The second kappa shape index (κ2) is 2.91. The molecular weight excluding hydrogens is 158 g/mol. The lowest BCUT2D eigenvalue weighted by Gasteiger charge is -2.05. The predicted octanol–water partition coefficient (Wildman–Crippen LogP) is 3.30. The van der Waals surface area contributed by atoms with Crippen LogP contribution in [0.4, 0.5) is 0 Å². The third-order valence-electron chi connectivity index (χ3n) is 2.58. The summed E-state index contributed by atoms with van der Waals surface area (Å²) in [6.07, 6.45) is 2.11. The van der Waals surface area contributed by atoms with E-state index in [-0.39, 0.29) is 0 Å². The summed E-state index contributed by atoms with van der Waals surface area (Å²) >= 11 is 0. The molecular formula is C12H15N. The quantitative estimate of drug-likeness (QED) is 0.623. The first-order valence-corrected chi connectivity index (χ1v) is 4.73. The number of fused-ring (bicyclic) bond motifs is 1. The molecule has 0 saturated carbocycles. The molecule has 0 amide bonds. The van der Waals surface area contributed by atoms with Crippen LogP contribution in [0, 0.1) is 0 Å². The minimum absolute atomic E-state index is 0.615. The summed E-state index contributed by atoms with van der Waals surface area (Å²) in [5, 5.41) is 1.34. The van der Waals surface area contributed by atoms with Crippen molar-refractivity contribution in [2.24, 2.45) is 7.05 Å². The number of aryl methyl sites for hydroxylation is 1. The van der Waals surface area contributed by atoms with Gasteiger partial charge in [-0.25, -0.2) is 0 Å². The SMILES string of the molecule is CC(C)c1ccc2c(ccn2C)c1. The maximum Gasteiger partial charge on any atom is 0.0477 e. The molecule has 0 bridgehead atoms. The van der Waals surface area contributed by atoms with Crippen LogP contribution in [0.1, 0.15) is 25.3 Å². The standard InChI is InChI=1S/C12H15N/c1-9(2)10-4-5-12-11(8-10)6-7-13(12)3/h4-9H,1-3H3. The van der Waals surface area contributed by atoms with Crippen molar-refractivity contribution in [3.63, 3.8) is 0 Å². The lowest BCUT2D eigenvalue weighted by atomic mass is 10.0. The van der Waals surface area contributed by atoms with E-state index < -0.39 is 0 Å². The maximum absolute atomic E-state index is 2.28.